The average molecular weight is 222 g/mol. The molecule has 92 valence electrons. The smallest absolute Gasteiger partial charge is 0.0203 e. The highest BCUT2D eigenvalue weighted by Gasteiger charge is 2.29. The molecule has 2 saturated carbocycles. The summed E-state index contributed by atoms with van der Waals surface area (Å²) < 4.78 is 0. The van der Waals surface area contributed by atoms with Crippen LogP contribution in [-0.4, -0.2) is 37.6 Å². The fraction of sp³-hybridized carbons (Fsp3) is 0.857. The summed E-state index contributed by atoms with van der Waals surface area (Å²) in [6, 6.07) is 0. The Hall–Kier alpha value is -0.340. The van der Waals surface area contributed by atoms with Crippen molar-refractivity contribution in [1.82, 2.24) is 10.2 Å². The van der Waals surface area contributed by atoms with Gasteiger partial charge in [-0.3, -0.25) is 4.90 Å². The van der Waals surface area contributed by atoms with E-state index in [1.807, 2.05) is 0 Å². The summed E-state index contributed by atoms with van der Waals surface area (Å²) in [6.45, 7) is 12.1. The zero-order valence-corrected chi connectivity index (χ0v) is 10.7. The Balaban J connectivity index is 1.68. The largest absolute Gasteiger partial charge is 0.313 e. The zero-order chi connectivity index (χ0) is 11.4. The molecule has 0 amide bonds. The van der Waals surface area contributed by atoms with Crippen molar-refractivity contribution in [1.29, 1.82) is 0 Å². The molecule has 0 spiro atoms. The number of hydrogen-bond donors (Lipinski definition) is 1. The van der Waals surface area contributed by atoms with E-state index in [9.17, 15) is 0 Å². The summed E-state index contributed by atoms with van der Waals surface area (Å²) in [5.41, 5.74) is 1.35. The quantitative estimate of drug-likeness (QED) is 0.602. The number of likely N-dealkylation sites (N-methyl/N-ethyl adjacent to an activating group) is 1. The van der Waals surface area contributed by atoms with Gasteiger partial charge in [0.25, 0.3) is 0 Å². The van der Waals surface area contributed by atoms with E-state index in [0.717, 1.165) is 31.5 Å². The first-order chi connectivity index (χ1) is 7.78. The Morgan fingerprint density at radius 3 is 2.19 bits per heavy atom. The minimum Gasteiger partial charge on any atom is -0.313 e. The summed E-state index contributed by atoms with van der Waals surface area (Å²) in [5.74, 6) is 2.01. The van der Waals surface area contributed by atoms with Crippen molar-refractivity contribution in [3.63, 3.8) is 0 Å². The molecule has 2 nitrogen and oxygen atoms in total. The van der Waals surface area contributed by atoms with Crippen molar-refractivity contribution in [3.05, 3.63) is 12.2 Å². The van der Waals surface area contributed by atoms with E-state index in [1.165, 1.54) is 44.3 Å². The van der Waals surface area contributed by atoms with Crippen LogP contribution in [-0.2, 0) is 0 Å². The topological polar surface area (TPSA) is 15.3 Å². The van der Waals surface area contributed by atoms with Gasteiger partial charge in [-0.25, -0.2) is 0 Å². The molecule has 16 heavy (non-hydrogen) atoms. The highest BCUT2D eigenvalue weighted by Crippen LogP contribution is 2.33. The maximum Gasteiger partial charge on any atom is 0.0203 e. The van der Waals surface area contributed by atoms with Crippen molar-refractivity contribution < 1.29 is 0 Å². The normalized spacial score (nSPS) is 20.4. The van der Waals surface area contributed by atoms with Crippen LogP contribution in [0.25, 0.3) is 0 Å². The number of rotatable bonds is 9. The predicted molar refractivity (Wildman–Crippen MR) is 69.6 cm³/mol. The zero-order valence-electron chi connectivity index (χ0n) is 10.7. The van der Waals surface area contributed by atoms with Gasteiger partial charge in [0.1, 0.15) is 0 Å². The Morgan fingerprint density at radius 1 is 1.19 bits per heavy atom. The Morgan fingerprint density at radius 2 is 1.75 bits per heavy atom. The molecule has 0 aromatic heterocycles. The lowest BCUT2D eigenvalue weighted by Crippen LogP contribution is -2.32. The van der Waals surface area contributed by atoms with E-state index in [2.05, 4.69) is 23.7 Å². The third kappa shape index (κ3) is 4.67. The van der Waals surface area contributed by atoms with E-state index in [4.69, 9.17) is 0 Å². The Kier molecular flexibility index (Phi) is 4.42. The van der Waals surface area contributed by atoms with Gasteiger partial charge in [0.15, 0.2) is 0 Å². The van der Waals surface area contributed by atoms with Gasteiger partial charge in [0, 0.05) is 26.2 Å². The second kappa shape index (κ2) is 5.83. The molecular weight excluding hydrogens is 196 g/mol. The summed E-state index contributed by atoms with van der Waals surface area (Å²) in [4.78, 5) is 2.65. The van der Waals surface area contributed by atoms with Crippen LogP contribution in [0, 0.1) is 11.8 Å². The van der Waals surface area contributed by atoms with Gasteiger partial charge in [-0.05, 0) is 49.6 Å². The predicted octanol–water partition coefficient (Wildman–Crippen LogP) is 2.27. The fourth-order valence-electron chi connectivity index (χ4n) is 2.21. The van der Waals surface area contributed by atoms with Crippen molar-refractivity contribution in [2.45, 2.75) is 32.6 Å². The van der Waals surface area contributed by atoms with E-state index >= 15 is 0 Å². The molecule has 0 saturated heterocycles. The molecule has 0 bridgehead atoms. The van der Waals surface area contributed by atoms with Crippen LogP contribution in [0.4, 0.5) is 0 Å². The first kappa shape index (κ1) is 12.1. The molecule has 0 aliphatic heterocycles. The fourth-order valence-corrected chi connectivity index (χ4v) is 2.21. The first-order valence-electron chi connectivity index (χ1n) is 6.87. The summed E-state index contributed by atoms with van der Waals surface area (Å²) >= 11 is 0. The molecule has 0 radical (unpaired) electrons. The molecule has 2 rings (SSSR count). The third-order valence-corrected chi connectivity index (χ3v) is 3.50. The molecular formula is C14H26N2. The minimum atomic E-state index is 0.988. The van der Waals surface area contributed by atoms with Gasteiger partial charge >= 0.3 is 0 Å². The van der Waals surface area contributed by atoms with Crippen LogP contribution in [0.2, 0.25) is 0 Å². The SMILES string of the molecule is C=C(CNCC)CN(CC1CC1)CC1CC1. The monoisotopic (exact) mass is 222 g/mol. The molecule has 2 fully saturated rings. The maximum atomic E-state index is 4.18. The van der Waals surface area contributed by atoms with Crippen LogP contribution < -0.4 is 5.32 Å². The summed E-state index contributed by atoms with van der Waals surface area (Å²) in [7, 11) is 0. The standard InChI is InChI=1S/C14H26N2/c1-3-15-8-12(2)9-16(10-13-4-5-13)11-14-6-7-14/h13-15H,2-11H2,1H3. The number of nitrogens with one attached hydrogen (secondary N) is 1. The molecule has 0 aromatic rings. The van der Waals surface area contributed by atoms with Crippen molar-refractivity contribution in [2.75, 3.05) is 32.7 Å². The van der Waals surface area contributed by atoms with E-state index in [0.29, 0.717) is 0 Å². The van der Waals surface area contributed by atoms with Crippen molar-refractivity contribution in [2.24, 2.45) is 11.8 Å². The van der Waals surface area contributed by atoms with E-state index in [-0.39, 0.29) is 0 Å². The first-order valence-corrected chi connectivity index (χ1v) is 6.87. The molecule has 0 heterocycles. The van der Waals surface area contributed by atoms with Crippen LogP contribution in [0.1, 0.15) is 32.6 Å². The lowest BCUT2D eigenvalue weighted by Gasteiger charge is -2.23. The van der Waals surface area contributed by atoms with Crippen LogP contribution in [0.3, 0.4) is 0 Å². The molecule has 2 aliphatic carbocycles. The highest BCUT2D eigenvalue weighted by molar-refractivity contribution is 5.01. The van der Waals surface area contributed by atoms with Gasteiger partial charge in [-0.1, -0.05) is 13.5 Å². The van der Waals surface area contributed by atoms with Gasteiger partial charge < -0.3 is 5.32 Å². The van der Waals surface area contributed by atoms with Crippen LogP contribution in [0.5, 0.6) is 0 Å². The number of nitrogens with zero attached hydrogens (tertiary/aromatic N) is 1. The second-order valence-electron chi connectivity index (χ2n) is 5.61. The van der Waals surface area contributed by atoms with Crippen molar-refractivity contribution >= 4 is 0 Å². The lowest BCUT2D eigenvalue weighted by atomic mass is 10.2. The number of hydrogen-bond acceptors (Lipinski definition) is 2. The lowest BCUT2D eigenvalue weighted by molar-refractivity contribution is 0.271. The van der Waals surface area contributed by atoms with Gasteiger partial charge in [0.2, 0.25) is 0 Å². The molecule has 0 atom stereocenters. The second-order valence-corrected chi connectivity index (χ2v) is 5.61. The molecule has 0 unspecified atom stereocenters. The average Bonchev–Trinajstić information content (AvgIpc) is 3.10. The van der Waals surface area contributed by atoms with E-state index < -0.39 is 0 Å². The summed E-state index contributed by atoms with van der Waals surface area (Å²) in [6.07, 6.45) is 5.84. The molecule has 1 N–H and O–H groups in total. The van der Waals surface area contributed by atoms with Crippen molar-refractivity contribution in [3.8, 4) is 0 Å². The maximum absolute atomic E-state index is 4.18. The van der Waals surface area contributed by atoms with Crippen LogP contribution >= 0.6 is 0 Å². The van der Waals surface area contributed by atoms with E-state index in [1.54, 1.807) is 0 Å². The third-order valence-electron chi connectivity index (χ3n) is 3.50. The minimum absolute atomic E-state index is 0.988. The Labute approximate surface area is 100 Å². The molecule has 0 aromatic carbocycles. The van der Waals surface area contributed by atoms with Crippen LogP contribution in [0.15, 0.2) is 12.2 Å². The highest BCUT2D eigenvalue weighted by atomic mass is 15.1. The Bertz CT molecular complexity index is 215. The van der Waals surface area contributed by atoms with Gasteiger partial charge in [-0.15, -0.1) is 0 Å². The van der Waals surface area contributed by atoms with Gasteiger partial charge in [0.05, 0.1) is 0 Å². The molecule has 2 aliphatic rings. The van der Waals surface area contributed by atoms with Gasteiger partial charge in [-0.2, -0.15) is 0 Å². The summed E-state index contributed by atoms with van der Waals surface area (Å²) in [5, 5.41) is 3.37. The molecule has 2 heteroatoms.